The van der Waals surface area contributed by atoms with E-state index in [4.69, 9.17) is 14.2 Å². The van der Waals surface area contributed by atoms with Crippen LogP contribution in [0.5, 0.6) is 17.2 Å². The van der Waals surface area contributed by atoms with Crippen molar-refractivity contribution in [3.63, 3.8) is 0 Å². The van der Waals surface area contributed by atoms with E-state index in [0.29, 0.717) is 42.0 Å². The van der Waals surface area contributed by atoms with E-state index < -0.39 is 23.9 Å². The average Bonchev–Trinajstić information content (AvgIpc) is 3.01. The predicted molar refractivity (Wildman–Crippen MR) is 163 cm³/mol. The summed E-state index contributed by atoms with van der Waals surface area (Å²) >= 11 is 0. The first-order chi connectivity index (χ1) is 21.2. The first kappa shape index (κ1) is 30.7. The number of nitrogens with one attached hydrogen (secondary N) is 2. The highest BCUT2D eigenvalue weighted by Gasteiger charge is 2.35. The molecule has 0 aliphatic carbocycles. The fraction of sp³-hybridized carbons (Fsp3) is 0.364. The Balaban J connectivity index is 1.41. The summed E-state index contributed by atoms with van der Waals surface area (Å²) in [6.45, 7) is 0.370. The van der Waals surface area contributed by atoms with Gasteiger partial charge in [-0.25, -0.2) is 4.39 Å². The number of nitrogens with zero attached hydrogens (tertiary/aromatic N) is 2. The zero-order chi connectivity index (χ0) is 31.2. The van der Waals surface area contributed by atoms with Crippen molar-refractivity contribution in [1.82, 2.24) is 15.5 Å². The van der Waals surface area contributed by atoms with Crippen LogP contribution >= 0.6 is 0 Å². The van der Waals surface area contributed by atoms with E-state index in [9.17, 15) is 18.8 Å². The SMILES string of the molecule is COc1ccc2cc1OCC(=O)N[C@@H]1CN(C(=O)c3cccc(N(C)C)c3)CC[C@H]1Oc1cc(F)cc(c1)CNC(=O)CC2. The maximum atomic E-state index is 14.6. The molecule has 2 aliphatic rings. The van der Waals surface area contributed by atoms with Crippen molar-refractivity contribution < 1.29 is 33.0 Å². The highest BCUT2D eigenvalue weighted by atomic mass is 19.1. The first-order valence-corrected chi connectivity index (χ1v) is 14.6. The van der Waals surface area contributed by atoms with Gasteiger partial charge in [-0.05, 0) is 60.0 Å². The highest BCUT2D eigenvalue weighted by Crippen LogP contribution is 2.29. The van der Waals surface area contributed by atoms with Crippen molar-refractivity contribution in [2.24, 2.45) is 0 Å². The third-order valence-electron chi connectivity index (χ3n) is 7.73. The van der Waals surface area contributed by atoms with Crippen LogP contribution in [0.4, 0.5) is 10.1 Å². The molecular formula is C33H37FN4O6. The molecule has 0 spiro atoms. The molecular weight excluding hydrogens is 567 g/mol. The number of aryl methyl sites for hydroxylation is 1. The van der Waals surface area contributed by atoms with E-state index >= 15 is 0 Å². The van der Waals surface area contributed by atoms with Crippen molar-refractivity contribution in [2.75, 3.05) is 45.8 Å². The molecule has 5 rings (SSSR count). The summed E-state index contributed by atoms with van der Waals surface area (Å²) in [5.74, 6) is -0.174. The molecule has 2 heterocycles. The van der Waals surface area contributed by atoms with Gasteiger partial charge in [-0.3, -0.25) is 14.4 Å². The number of piperidine rings is 1. The van der Waals surface area contributed by atoms with Crippen LogP contribution < -0.4 is 29.7 Å². The molecule has 0 unspecified atom stereocenters. The number of fused-ring (bicyclic) bond motifs is 5. The standard InChI is InChI=1S/C33H37FN4O6/c1-37(2)25-6-4-5-23(16-25)33(41)38-12-11-28-27(19-38)36-32(40)20-43-30-15-21(7-9-29(30)42-3)8-10-31(39)35-18-22-13-24(34)17-26(14-22)44-28/h4-7,9,13-17,27-28H,8,10-12,18-20H2,1-3H3,(H,35,39)(H,36,40)/t27-,28-/m1/s1. The topological polar surface area (TPSA) is 109 Å². The van der Waals surface area contributed by atoms with E-state index in [1.165, 1.54) is 19.2 Å². The average molecular weight is 605 g/mol. The lowest BCUT2D eigenvalue weighted by Crippen LogP contribution is -2.58. The number of amides is 3. The first-order valence-electron chi connectivity index (χ1n) is 14.6. The minimum absolute atomic E-state index is 0.128. The van der Waals surface area contributed by atoms with Gasteiger partial charge in [-0.2, -0.15) is 0 Å². The number of likely N-dealkylation sites (tertiary alicyclic amines) is 1. The molecule has 2 atom stereocenters. The summed E-state index contributed by atoms with van der Waals surface area (Å²) in [6.07, 6.45) is 0.477. The van der Waals surface area contributed by atoms with Crippen LogP contribution in [-0.2, 0) is 22.6 Å². The fourth-order valence-electron chi connectivity index (χ4n) is 5.39. The van der Waals surface area contributed by atoms with Gasteiger partial charge in [0.05, 0.1) is 13.2 Å². The Hall–Kier alpha value is -4.80. The van der Waals surface area contributed by atoms with Crippen molar-refractivity contribution in [1.29, 1.82) is 0 Å². The minimum Gasteiger partial charge on any atom is -0.493 e. The quantitative estimate of drug-likeness (QED) is 0.472. The van der Waals surface area contributed by atoms with E-state index in [0.717, 1.165) is 11.3 Å². The number of hydrogen-bond donors (Lipinski definition) is 2. The second kappa shape index (κ2) is 13.7. The summed E-state index contributed by atoms with van der Waals surface area (Å²) in [4.78, 5) is 42.9. The fourth-order valence-corrected chi connectivity index (χ4v) is 5.39. The molecule has 44 heavy (non-hydrogen) atoms. The molecule has 3 amide bonds. The molecule has 3 aromatic rings. The summed E-state index contributed by atoms with van der Waals surface area (Å²) in [6, 6.07) is 16.3. The maximum absolute atomic E-state index is 14.6. The lowest BCUT2D eigenvalue weighted by Gasteiger charge is -2.39. The monoisotopic (exact) mass is 604 g/mol. The number of anilines is 1. The Morgan fingerprint density at radius 1 is 1.02 bits per heavy atom. The lowest BCUT2D eigenvalue weighted by molar-refractivity contribution is -0.125. The van der Waals surface area contributed by atoms with Crippen LogP contribution in [0.25, 0.3) is 0 Å². The normalized spacial score (nSPS) is 19.1. The third-order valence-corrected chi connectivity index (χ3v) is 7.73. The molecule has 1 saturated heterocycles. The zero-order valence-electron chi connectivity index (χ0n) is 25.1. The second-order valence-corrected chi connectivity index (χ2v) is 11.2. The molecule has 3 aromatic carbocycles. The van der Waals surface area contributed by atoms with Crippen LogP contribution in [0.15, 0.2) is 60.7 Å². The Morgan fingerprint density at radius 3 is 2.66 bits per heavy atom. The van der Waals surface area contributed by atoms with Crippen molar-refractivity contribution in [3.8, 4) is 17.2 Å². The van der Waals surface area contributed by atoms with Crippen molar-refractivity contribution in [2.45, 2.75) is 38.0 Å². The van der Waals surface area contributed by atoms with Gasteiger partial charge in [0.2, 0.25) is 5.91 Å². The number of halogens is 1. The summed E-state index contributed by atoms with van der Waals surface area (Å²) < 4.78 is 32.1. The summed E-state index contributed by atoms with van der Waals surface area (Å²) in [5.41, 5.74) is 2.81. The van der Waals surface area contributed by atoms with Crippen LogP contribution in [0.3, 0.4) is 0 Å². The lowest BCUT2D eigenvalue weighted by atomic mass is 10.00. The van der Waals surface area contributed by atoms with E-state index in [1.54, 1.807) is 29.2 Å². The molecule has 0 radical (unpaired) electrons. The minimum atomic E-state index is -0.612. The highest BCUT2D eigenvalue weighted by molar-refractivity contribution is 5.95. The van der Waals surface area contributed by atoms with Crippen molar-refractivity contribution >= 4 is 23.4 Å². The number of carbonyl (C=O) groups excluding carboxylic acids is 3. The molecule has 0 aromatic heterocycles. The number of hydrogen-bond acceptors (Lipinski definition) is 7. The van der Waals surface area contributed by atoms with Gasteiger partial charge < -0.3 is 34.6 Å². The molecule has 2 aliphatic heterocycles. The van der Waals surface area contributed by atoms with Gasteiger partial charge in [-0.1, -0.05) is 12.1 Å². The van der Waals surface area contributed by atoms with Crippen LogP contribution in [0.1, 0.15) is 34.3 Å². The largest absolute Gasteiger partial charge is 0.493 e. The molecule has 10 nitrogen and oxygen atoms in total. The smallest absolute Gasteiger partial charge is 0.258 e. The number of methoxy groups -OCH3 is 1. The summed E-state index contributed by atoms with van der Waals surface area (Å²) in [7, 11) is 5.32. The zero-order valence-corrected chi connectivity index (χ0v) is 25.1. The van der Waals surface area contributed by atoms with Crippen LogP contribution in [-0.4, -0.2) is 75.7 Å². The molecule has 232 valence electrons. The Morgan fingerprint density at radius 2 is 1.86 bits per heavy atom. The van der Waals surface area contributed by atoms with Gasteiger partial charge in [0.15, 0.2) is 18.1 Å². The Bertz CT molecular complexity index is 1530. The Kier molecular flexibility index (Phi) is 9.52. The Labute approximate surface area is 256 Å². The molecule has 11 heteroatoms. The maximum Gasteiger partial charge on any atom is 0.258 e. The van der Waals surface area contributed by atoms with Gasteiger partial charge in [0.25, 0.3) is 11.8 Å². The number of carbonyl (C=O) groups is 3. The van der Waals surface area contributed by atoms with E-state index in [1.807, 2.05) is 43.3 Å². The molecule has 2 N–H and O–H groups in total. The number of ether oxygens (including phenoxy) is 3. The molecule has 4 bridgehead atoms. The molecule has 0 saturated carbocycles. The second-order valence-electron chi connectivity index (χ2n) is 11.2. The summed E-state index contributed by atoms with van der Waals surface area (Å²) in [5, 5.41) is 5.82. The van der Waals surface area contributed by atoms with Gasteiger partial charge in [-0.15, -0.1) is 0 Å². The molecule has 1 fully saturated rings. The van der Waals surface area contributed by atoms with Crippen molar-refractivity contribution in [3.05, 3.63) is 83.2 Å². The van der Waals surface area contributed by atoms with Crippen LogP contribution in [0.2, 0.25) is 0 Å². The predicted octanol–water partition coefficient (Wildman–Crippen LogP) is 3.32. The van der Waals surface area contributed by atoms with Gasteiger partial charge in [0.1, 0.15) is 17.7 Å². The van der Waals surface area contributed by atoms with Crippen LogP contribution in [0, 0.1) is 5.82 Å². The number of rotatable bonds is 3. The van der Waals surface area contributed by atoms with E-state index in [2.05, 4.69) is 10.6 Å². The van der Waals surface area contributed by atoms with E-state index in [-0.39, 0.29) is 43.7 Å². The van der Waals surface area contributed by atoms with Gasteiger partial charge in [0, 0.05) is 63.9 Å². The number of benzene rings is 3. The third kappa shape index (κ3) is 7.58. The van der Waals surface area contributed by atoms with Gasteiger partial charge >= 0.3 is 0 Å².